The van der Waals surface area contributed by atoms with Crippen molar-refractivity contribution < 1.29 is 22.7 Å². The van der Waals surface area contributed by atoms with Gasteiger partial charge in [-0.1, -0.05) is 0 Å². The van der Waals surface area contributed by atoms with Gasteiger partial charge in [0.05, 0.1) is 12.7 Å². The first-order chi connectivity index (χ1) is 8.39. The average molecular weight is 262 g/mol. The summed E-state index contributed by atoms with van der Waals surface area (Å²) in [6, 6.07) is 1.48. The summed E-state index contributed by atoms with van der Waals surface area (Å²) in [5.41, 5.74) is -1.13. The predicted molar refractivity (Wildman–Crippen MR) is 57.0 cm³/mol. The van der Waals surface area contributed by atoms with E-state index in [1.54, 1.807) is 0 Å². The van der Waals surface area contributed by atoms with Crippen molar-refractivity contribution in [2.45, 2.75) is 31.1 Å². The predicted octanol–water partition coefficient (Wildman–Crippen LogP) is 1.99. The Morgan fingerprint density at radius 3 is 2.72 bits per heavy atom. The van der Waals surface area contributed by atoms with E-state index in [1.165, 1.54) is 19.4 Å². The van der Waals surface area contributed by atoms with Crippen LogP contribution in [0.5, 0.6) is 0 Å². The van der Waals surface area contributed by atoms with Crippen LogP contribution in [0.2, 0.25) is 0 Å². The molecule has 0 aliphatic heterocycles. The molecule has 0 bridgehead atoms. The van der Waals surface area contributed by atoms with Crippen molar-refractivity contribution in [3.8, 4) is 0 Å². The van der Waals surface area contributed by atoms with Gasteiger partial charge in [-0.05, 0) is 18.9 Å². The summed E-state index contributed by atoms with van der Waals surface area (Å²) in [7, 11) is 1.23. The summed E-state index contributed by atoms with van der Waals surface area (Å²) >= 11 is 0. The van der Waals surface area contributed by atoms with Gasteiger partial charge in [0, 0.05) is 18.4 Å². The fraction of sp³-hybridized carbons (Fsp3) is 0.545. The Kier molecular flexibility index (Phi) is 3.10. The van der Waals surface area contributed by atoms with Gasteiger partial charge in [-0.2, -0.15) is 13.2 Å². The molecule has 0 unspecified atom stereocenters. The summed E-state index contributed by atoms with van der Waals surface area (Å²) in [4.78, 5) is 14.1. The van der Waals surface area contributed by atoms with E-state index in [9.17, 15) is 18.0 Å². The zero-order valence-electron chi connectivity index (χ0n) is 9.73. The quantitative estimate of drug-likeness (QED) is 0.816. The van der Waals surface area contributed by atoms with Crippen LogP contribution >= 0.6 is 0 Å². The first-order valence-electron chi connectivity index (χ1n) is 5.46. The molecule has 100 valence electrons. The van der Waals surface area contributed by atoms with Gasteiger partial charge < -0.3 is 9.72 Å². The van der Waals surface area contributed by atoms with Crippen LogP contribution in [-0.4, -0.2) is 29.8 Å². The number of nitrogens with one attached hydrogen (secondary N) is 2. The van der Waals surface area contributed by atoms with E-state index in [4.69, 9.17) is 0 Å². The zero-order chi connectivity index (χ0) is 13.4. The molecular weight excluding hydrogens is 249 g/mol. The molecule has 1 fully saturated rings. The summed E-state index contributed by atoms with van der Waals surface area (Å²) in [6.07, 6.45) is -2.61. The van der Waals surface area contributed by atoms with Crippen LogP contribution in [0, 0.1) is 0 Å². The number of methoxy groups -OCH3 is 1. The number of hydrogen-bond donors (Lipinski definition) is 2. The molecule has 0 saturated heterocycles. The highest BCUT2D eigenvalue weighted by Crippen LogP contribution is 2.49. The number of hydrogen-bond acceptors (Lipinski definition) is 3. The molecule has 1 heterocycles. The highest BCUT2D eigenvalue weighted by molar-refractivity contribution is 5.90. The normalized spacial score (nSPS) is 17.6. The Bertz CT molecular complexity index is 449. The molecule has 1 aromatic rings. The van der Waals surface area contributed by atoms with E-state index in [1.807, 2.05) is 0 Å². The maximum atomic E-state index is 12.7. The molecule has 18 heavy (non-hydrogen) atoms. The number of aromatic nitrogens is 1. The van der Waals surface area contributed by atoms with Crippen LogP contribution in [0.1, 0.15) is 28.9 Å². The van der Waals surface area contributed by atoms with Gasteiger partial charge in [-0.15, -0.1) is 0 Å². The molecular formula is C11H13F3N2O2. The molecule has 1 saturated carbocycles. The Morgan fingerprint density at radius 1 is 1.56 bits per heavy atom. The lowest BCUT2D eigenvalue weighted by molar-refractivity contribution is -0.166. The van der Waals surface area contributed by atoms with E-state index in [2.05, 4.69) is 15.0 Å². The van der Waals surface area contributed by atoms with Crippen molar-refractivity contribution in [1.29, 1.82) is 0 Å². The minimum atomic E-state index is -4.26. The molecule has 0 spiro atoms. The van der Waals surface area contributed by atoms with Crippen molar-refractivity contribution >= 4 is 5.97 Å². The summed E-state index contributed by atoms with van der Waals surface area (Å²) < 4.78 is 42.6. The number of aromatic amines is 1. The number of alkyl halides is 3. The maximum Gasteiger partial charge on any atom is 0.406 e. The van der Waals surface area contributed by atoms with E-state index in [0.29, 0.717) is 5.69 Å². The molecule has 7 heteroatoms. The highest BCUT2D eigenvalue weighted by Gasteiger charge is 2.63. The van der Waals surface area contributed by atoms with E-state index in [-0.39, 0.29) is 24.9 Å². The number of carbonyl (C=O) groups is 1. The van der Waals surface area contributed by atoms with Crippen molar-refractivity contribution in [2.24, 2.45) is 0 Å². The van der Waals surface area contributed by atoms with Crippen molar-refractivity contribution in [3.05, 3.63) is 23.5 Å². The Morgan fingerprint density at radius 2 is 2.22 bits per heavy atom. The molecule has 1 aliphatic rings. The third-order valence-electron chi connectivity index (χ3n) is 3.13. The van der Waals surface area contributed by atoms with Gasteiger partial charge in [-0.3, -0.25) is 5.32 Å². The Balaban J connectivity index is 2.04. The van der Waals surface area contributed by atoms with Gasteiger partial charge in [0.2, 0.25) is 0 Å². The minimum absolute atomic E-state index is 0.0447. The monoisotopic (exact) mass is 262 g/mol. The molecule has 2 rings (SSSR count). The van der Waals surface area contributed by atoms with Gasteiger partial charge >= 0.3 is 12.1 Å². The van der Waals surface area contributed by atoms with Crippen LogP contribution in [0.15, 0.2) is 12.3 Å². The molecule has 0 atom stereocenters. The van der Waals surface area contributed by atoms with E-state index in [0.717, 1.165) is 0 Å². The first-order valence-corrected chi connectivity index (χ1v) is 5.46. The van der Waals surface area contributed by atoms with Crippen LogP contribution in [0.3, 0.4) is 0 Å². The lowest BCUT2D eigenvalue weighted by Gasteiger charge is -2.20. The van der Waals surface area contributed by atoms with Gasteiger partial charge in [-0.25, -0.2) is 4.79 Å². The fourth-order valence-corrected chi connectivity index (χ4v) is 1.79. The van der Waals surface area contributed by atoms with Gasteiger partial charge in [0.25, 0.3) is 0 Å². The van der Waals surface area contributed by atoms with Gasteiger partial charge in [0.1, 0.15) is 5.54 Å². The molecule has 4 nitrogen and oxygen atoms in total. The molecule has 0 radical (unpaired) electrons. The lowest BCUT2D eigenvalue weighted by Crippen LogP contribution is -2.44. The first kappa shape index (κ1) is 12.9. The molecule has 1 aromatic heterocycles. The standard InChI is InChI=1S/C11H13F3N2O2/c1-18-9(17)7-2-5-15-8(7)6-16-10(3-4-10)11(12,13)14/h2,5,15-16H,3-4,6H2,1H3. The van der Waals surface area contributed by atoms with Gasteiger partial charge in [0.15, 0.2) is 0 Å². The largest absolute Gasteiger partial charge is 0.465 e. The lowest BCUT2D eigenvalue weighted by atomic mass is 10.2. The second-order valence-corrected chi connectivity index (χ2v) is 4.29. The Hall–Kier alpha value is -1.50. The number of ether oxygens (including phenoxy) is 1. The summed E-state index contributed by atoms with van der Waals surface area (Å²) in [5, 5.41) is 2.47. The molecule has 0 amide bonds. The SMILES string of the molecule is COC(=O)c1cc[nH]c1CNC1(C(F)(F)F)CC1. The number of rotatable bonds is 4. The number of H-pyrrole nitrogens is 1. The van der Waals surface area contributed by atoms with Crippen LogP contribution in [0.4, 0.5) is 13.2 Å². The summed E-state index contributed by atoms with van der Waals surface area (Å²) in [5.74, 6) is -0.565. The zero-order valence-corrected chi connectivity index (χ0v) is 9.73. The maximum absolute atomic E-state index is 12.7. The number of esters is 1. The second kappa shape index (κ2) is 4.31. The van der Waals surface area contributed by atoms with Crippen molar-refractivity contribution in [3.63, 3.8) is 0 Å². The van der Waals surface area contributed by atoms with Crippen molar-refractivity contribution in [1.82, 2.24) is 10.3 Å². The smallest absolute Gasteiger partial charge is 0.406 e. The summed E-state index contributed by atoms with van der Waals surface area (Å²) in [6.45, 7) is -0.0447. The molecule has 1 aliphatic carbocycles. The van der Waals surface area contributed by atoms with E-state index >= 15 is 0 Å². The number of carbonyl (C=O) groups excluding carboxylic acids is 1. The van der Waals surface area contributed by atoms with E-state index < -0.39 is 17.7 Å². The fourth-order valence-electron chi connectivity index (χ4n) is 1.79. The van der Waals surface area contributed by atoms with Crippen LogP contribution < -0.4 is 5.32 Å². The topological polar surface area (TPSA) is 54.1 Å². The van der Waals surface area contributed by atoms with Crippen molar-refractivity contribution in [2.75, 3.05) is 7.11 Å². The van der Waals surface area contributed by atoms with Crippen LogP contribution in [0.25, 0.3) is 0 Å². The third-order valence-corrected chi connectivity index (χ3v) is 3.13. The molecule has 2 N–H and O–H groups in total. The van der Waals surface area contributed by atoms with Crippen LogP contribution in [-0.2, 0) is 11.3 Å². The third kappa shape index (κ3) is 2.22. The number of halogens is 3. The Labute approximate surface area is 102 Å². The minimum Gasteiger partial charge on any atom is -0.465 e. The average Bonchev–Trinajstić information content (AvgIpc) is 2.97. The second-order valence-electron chi connectivity index (χ2n) is 4.29. The highest BCUT2D eigenvalue weighted by atomic mass is 19.4. The molecule has 0 aromatic carbocycles.